The van der Waals surface area contributed by atoms with E-state index in [1.165, 1.54) is 40.9 Å². The van der Waals surface area contributed by atoms with Gasteiger partial charge in [-0.25, -0.2) is 8.42 Å². The molecule has 0 saturated heterocycles. The maximum Gasteiger partial charge on any atom is 0.212 e. The van der Waals surface area contributed by atoms with Crippen molar-refractivity contribution < 1.29 is 22.3 Å². The summed E-state index contributed by atoms with van der Waals surface area (Å²) in [6.07, 6.45) is 4.25. The largest absolute Gasteiger partial charge is 0.744 e. The number of rotatable bonds is 4. The van der Waals surface area contributed by atoms with Gasteiger partial charge in [-0.05, 0) is 60.2 Å². The molecule has 0 spiro atoms. The Kier molecular flexibility index (Phi) is 7.80. The minimum absolute atomic E-state index is 0.208. The van der Waals surface area contributed by atoms with Crippen LogP contribution in [0.5, 0.6) is 5.75 Å². The second-order valence-electron chi connectivity index (χ2n) is 6.89. The number of halogens is 1. The molecule has 1 aromatic heterocycles. The first-order valence-electron chi connectivity index (χ1n) is 9.69. The van der Waals surface area contributed by atoms with E-state index in [9.17, 15) is 13.0 Å². The predicted molar refractivity (Wildman–Crippen MR) is 129 cm³/mol. The number of aryl methyl sites for hydroxylation is 1. The SMILES string of the molecule is COc1ccc(/C=C/c2ccc3ccccc3[n+]2C)cc1.O=S(=O)([O-])c1ccc(Br)cc1. The van der Waals surface area contributed by atoms with Crippen molar-refractivity contribution in [2.75, 3.05) is 7.11 Å². The Labute approximate surface area is 196 Å². The van der Waals surface area contributed by atoms with E-state index >= 15 is 0 Å². The Morgan fingerprint density at radius 1 is 0.875 bits per heavy atom. The van der Waals surface area contributed by atoms with Gasteiger partial charge < -0.3 is 9.29 Å². The highest BCUT2D eigenvalue weighted by atomic mass is 79.9. The van der Waals surface area contributed by atoms with E-state index in [2.05, 4.69) is 88.2 Å². The zero-order valence-electron chi connectivity index (χ0n) is 17.6. The number of hydrogen-bond acceptors (Lipinski definition) is 4. The van der Waals surface area contributed by atoms with Gasteiger partial charge in [0.1, 0.15) is 22.9 Å². The fourth-order valence-electron chi connectivity index (χ4n) is 3.03. The minimum atomic E-state index is -4.29. The van der Waals surface area contributed by atoms with E-state index < -0.39 is 10.1 Å². The highest BCUT2D eigenvalue weighted by molar-refractivity contribution is 9.10. The van der Waals surface area contributed by atoms with Gasteiger partial charge in [0.25, 0.3) is 0 Å². The molecular formula is C25H22BrNO4S. The normalized spacial score (nSPS) is 11.2. The summed E-state index contributed by atoms with van der Waals surface area (Å²) < 4.78 is 39.2. The van der Waals surface area contributed by atoms with E-state index in [1.54, 1.807) is 7.11 Å². The number of hydrogen-bond donors (Lipinski definition) is 0. The highest BCUT2D eigenvalue weighted by Crippen LogP contribution is 2.15. The number of pyridine rings is 1. The zero-order valence-corrected chi connectivity index (χ0v) is 20.0. The summed E-state index contributed by atoms with van der Waals surface area (Å²) in [4.78, 5) is -0.208. The Bertz CT molecular complexity index is 1330. The smallest absolute Gasteiger partial charge is 0.212 e. The first kappa shape index (κ1) is 23.7. The van der Waals surface area contributed by atoms with Crippen LogP contribution in [-0.2, 0) is 17.2 Å². The van der Waals surface area contributed by atoms with E-state index in [1.807, 2.05) is 12.1 Å². The van der Waals surface area contributed by atoms with Gasteiger partial charge in [-0.1, -0.05) is 40.2 Å². The van der Waals surface area contributed by atoms with Crippen molar-refractivity contribution in [1.29, 1.82) is 0 Å². The van der Waals surface area contributed by atoms with E-state index in [0.29, 0.717) is 0 Å². The molecule has 0 radical (unpaired) electrons. The molecule has 7 heteroatoms. The molecule has 0 aliphatic rings. The van der Waals surface area contributed by atoms with Gasteiger partial charge in [-0.3, -0.25) is 0 Å². The number of ether oxygens (including phenoxy) is 1. The summed E-state index contributed by atoms with van der Waals surface area (Å²) in [6.45, 7) is 0. The van der Waals surface area contributed by atoms with Gasteiger partial charge in [0.15, 0.2) is 0 Å². The molecule has 0 fully saturated rings. The molecule has 1 heterocycles. The first-order chi connectivity index (χ1) is 15.3. The first-order valence-corrected chi connectivity index (χ1v) is 11.9. The number of methoxy groups -OCH3 is 1. The third-order valence-electron chi connectivity index (χ3n) is 4.78. The molecule has 0 N–H and O–H groups in total. The van der Waals surface area contributed by atoms with E-state index in [4.69, 9.17) is 4.74 Å². The Morgan fingerprint density at radius 3 is 2.16 bits per heavy atom. The quantitative estimate of drug-likeness (QED) is 0.279. The van der Waals surface area contributed by atoms with Crippen LogP contribution in [-0.4, -0.2) is 20.1 Å². The number of fused-ring (bicyclic) bond motifs is 1. The van der Waals surface area contributed by atoms with Gasteiger partial charge >= 0.3 is 0 Å². The van der Waals surface area contributed by atoms with Crippen LogP contribution >= 0.6 is 15.9 Å². The molecule has 32 heavy (non-hydrogen) atoms. The minimum Gasteiger partial charge on any atom is -0.744 e. The fraction of sp³-hybridized carbons (Fsp3) is 0.0800. The van der Waals surface area contributed by atoms with Crippen molar-refractivity contribution >= 4 is 49.1 Å². The van der Waals surface area contributed by atoms with Gasteiger partial charge in [0, 0.05) is 28.1 Å². The zero-order chi connectivity index (χ0) is 23.1. The number of benzene rings is 3. The fourth-order valence-corrected chi connectivity index (χ4v) is 3.76. The van der Waals surface area contributed by atoms with Crippen LogP contribution in [0.1, 0.15) is 11.3 Å². The standard InChI is InChI=1S/C19H18NO.C6H5BrO3S/c1-20-17(12-10-16-5-3-4-6-19(16)20)11-7-15-8-13-18(21-2)14-9-15;7-5-1-3-6(4-2-5)11(8,9)10/h3-14H,1-2H3;1-4H,(H,8,9,10)/q+1;/p-1/b11-7+;. The lowest BCUT2D eigenvalue weighted by atomic mass is 10.1. The number of aromatic nitrogens is 1. The van der Waals surface area contributed by atoms with Crippen molar-refractivity contribution in [3.05, 3.63) is 101 Å². The Balaban J connectivity index is 0.000000222. The Hall–Kier alpha value is -3.00. The molecule has 164 valence electrons. The lowest BCUT2D eigenvalue weighted by Gasteiger charge is -2.05. The average molecular weight is 512 g/mol. The summed E-state index contributed by atoms with van der Waals surface area (Å²) in [5, 5.41) is 1.25. The highest BCUT2D eigenvalue weighted by Gasteiger charge is 2.08. The van der Waals surface area contributed by atoms with Crippen LogP contribution in [0.3, 0.4) is 0 Å². The number of para-hydroxylation sites is 1. The molecule has 0 bridgehead atoms. The lowest BCUT2D eigenvalue weighted by Crippen LogP contribution is -2.32. The van der Waals surface area contributed by atoms with Crippen LogP contribution in [0.2, 0.25) is 0 Å². The van der Waals surface area contributed by atoms with Gasteiger partial charge in [0.05, 0.1) is 12.0 Å². The molecule has 0 amide bonds. The van der Waals surface area contributed by atoms with Crippen molar-refractivity contribution in [3.8, 4) is 5.75 Å². The van der Waals surface area contributed by atoms with Crippen molar-refractivity contribution in [2.24, 2.45) is 7.05 Å². The molecule has 4 aromatic rings. The summed E-state index contributed by atoms with van der Waals surface area (Å²) >= 11 is 3.12. The monoisotopic (exact) mass is 511 g/mol. The van der Waals surface area contributed by atoms with Crippen LogP contribution in [0.25, 0.3) is 23.1 Å². The molecule has 0 unspecified atom stereocenters. The third kappa shape index (κ3) is 6.26. The summed E-state index contributed by atoms with van der Waals surface area (Å²) in [7, 11) is -0.517. The maximum absolute atomic E-state index is 10.4. The molecule has 3 aromatic carbocycles. The number of nitrogens with zero attached hydrogens (tertiary/aromatic N) is 1. The molecule has 0 atom stereocenters. The molecule has 5 nitrogen and oxygen atoms in total. The molecular weight excluding hydrogens is 490 g/mol. The molecule has 4 rings (SSSR count). The third-order valence-corrected chi connectivity index (χ3v) is 6.16. The second-order valence-corrected chi connectivity index (χ2v) is 9.19. The van der Waals surface area contributed by atoms with Crippen LogP contribution in [0, 0.1) is 0 Å². The second kappa shape index (κ2) is 10.5. The Morgan fingerprint density at radius 2 is 1.53 bits per heavy atom. The molecule has 0 aliphatic heterocycles. The average Bonchev–Trinajstić information content (AvgIpc) is 2.79. The summed E-state index contributed by atoms with van der Waals surface area (Å²) in [5.41, 5.74) is 3.56. The molecule has 0 saturated carbocycles. The van der Waals surface area contributed by atoms with E-state index in [0.717, 1.165) is 15.8 Å². The predicted octanol–water partition coefficient (Wildman–Crippen LogP) is 5.20. The lowest BCUT2D eigenvalue weighted by molar-refractivity contribution is -0.646. The maximum atomic E-state index is 10.4. The molecule has 0 aliphatic carbocycles. The van der Waals surface area contributed by atoms with Crippen LogP contribution < -0.4 is 9.30 Å². The van der Waals surface area contributed by atoms with Crippen molar-refractivity contribution in [3.63, 3.8) is 0 Å². The van der Waals surface area contributed by atoms with Crippen molar-refractivity contribution in [2.45, 2.75) is 4.90 Å². The summed E-state index contributed by atoms with van der Waals surface area (Å²) in [5.74, 6) is 0.878. The summed E-state index contributed by atoms with van der Waals surface area (Å²) in [6, 6.07) is 26.3. The topological polar surface area (TPSA) is 70.3 Å². The van der Waals surface area contributed by atoms with Gasteiger partial charge in [-0.2, -0.15) is 4.57 Å². The van der Waals surface area contributed by atoms with Gasteiger partial charge in [-0.15, -0.1) is 0 Å². The van der Waals surface area contributed by atoms with E-state index in [-0.39, 0.29) is 4.90 Å². The van der Waals surface area contributed by atoms with Crippen LogP contribution in [0.15, 0.2) is 94.3 Å². The van der Waals surface area contributed by atoms with Crippen LogP contribution in [0.4, 0.5) is 0 Å². The van der Waals surface area contributed by atoms with Crippen molar-refractivity contribution in [1.82, 2.24) is 0 Å². The van der Waals surface area contributed by atoms with Gasteiger partial charge in [0.2, 0.25) is 11.2 Å².